The number of ether oxygens (including phenoxy) is 10. The number of methoxy groups -OCH3 is 1. The van der Waals surface area contributed by atoms with Crippen molar-refractivity contribution >= 4 is 42.3 Å². The fraction of sp³-hybridized carbons (Fsp3) is 0.0678. The molecule has 0 N–H and O–H groups in total. The zero-order valence-electron chi connectivity index (χ0n) is 41.0. The van der Waals surface area contributed by atoms with Crippen LogP contribution in [0.4, 0.5) is 19.2 Å². The highest BCUT2D eigenvalue weighted by molar-refractivity contribution is 5.97. The molecule has 0 saturated carbocycles. The Morgan fingerprint density at radius 2 is 0.539 bits per heavy atom. The molecule has 17 heteroatoms. The van der Waals surface area contributed by atoms with Gasteiger partial charge in [0.1, 0.15) is 57.1 Å². The third kappa shape index (κ3) is 19.9. The highest BCUT2D eigenvalue weighted by Gasteiger charge is 2.19. The first-order valence-corrected chi connectivity index (χ1v) is 22.8. The molecular formula is C59H48O17. The van der Waals surface area contributed by atoms with Gasteiger partial charge in [0, 0.05) is 0 Å². The number of carbonyl (C=O) groups excluding carboxylic acids is 7. The van der Waals surface area contributed by atoms with Crippen molar-refractivity contribution in [2.24, 2.45) is 0 Å². The lowest BCUT2D eigenvalue weighted by Crippen LogP contribution is -2.16. The quantitative estimate of drug-likeness (QED) is 0.0632. The van der Waals surface area contributed by atoms with Crippen LogP contribution >= 0.6 is 0 Å². The Kier molecular flexibility index (Phi) is 23.0. The van der Waals surface area contributed by atoms with Crippen LogP contribution in [0, 0.1) is 0 Å². The van der Waals surface area contributed by atoms with Gasteiger partial charge >= 0.3 is 36.6 Å². The van der Waals surface area contributed by atoms with E-state index in [4.69, 9.17) is 42.6 Å². The summed E-state index contributed by atoms with van der Waals surface area (Å²) >= 11 is 0. The lowest BCUT2D eigenvalue weighted by Gasteiger charge is -2.09. The van der Waals surface area contributed by atoms with E-state index in [2.05, 4.69) is 4.74 Å². The summed E-state index contributed by atoms with van der Waals surface area (Å²) < 4.78 is 49.5. The zero-order valence-corrected chi connectivity index (χ0v) is 41.0. The first kappa shape index (κ1) is 56.4. The molecule has 0 unspecified atom stereocenters. The van der Waals surface area contributed by atoms with Crippen molar-refractivity contribution in [2.75, 3.05) is 13.7 Å². The summed E-state index contributed by atoms with van der Waals surface area (Å²) in [4.78, 5) is 80.9. The Balaban J connectivity index is 0.000000188. The number of Topliss-reactive ketones (excluding diaryl/α,β-unsaturated/α-hetero) is 1. The summed E-state index contributed by atoms with van der Waals surface area (Å²) in [7, 11) is 1.25. The Labute approximate surface area is 436 Å². The standard InChI is InChI=1S/C16H14O5.C15H12O5.C15H12O4.C13H10O3/c1-2-19-15(17)13-10-6-7-11-14(13)21-16(18)20-12-8-4-3-5-9-12;1-18-14(16)12-9-5-6-10-13(12)20-15(17)19-11-7-3-2-4-8-11;1-11(16)13-9-5-6-10-14(13)19-15(17)18-12-7-3-2-4-8-12;14-13(15-11-7-3-1-4-8-11)16-12-9-5-2-6-10-12/h3-11H,2H2,1H3;2-10H,1H3;2-10H,1H3;1-10H. The molecule has 0 bridgehead atoms. The van der Waals surface area contributed by atoms with Crippen molar-refractivity contribution in [3.63, 3.8) is 0 Å². The molecule has 0 heterocycles. The number of para-hydroxylation sites is 8. The molecular weight excluding hydrogens is 981 g/mol. The van der Waals surface area contributed by atoms with Gasteiger partial charge in [-0.15, -0.1) is 0 Å². The largest absolute Gasteiger partial charge is 0.519 e. The van der Waals surface area contributed by atoms with Crippen LogP contribution in [-0.2, 0) is 9.47 Å². The van der Waals surface area contributed by atoms with Crippen LogP contribution in [0.1, 0.15) is 44.9 Å². The van der Waals surface area contributed by atoms with E-state index in [1.54, 1.807) is 189 Å². The second-order valence-corrected chi connectivity index (χ2v) is 14.6. The van der Waals surface area contributed by atoms with Gasteiger partial charge in [-0.2, -0.15) is 0 Å². The van der Waals surface area contributed by atoms with Gasteiger partial charge < -0.3 is 47.4 Å². The van der Waals surface area contributed by atoms with Gasteiger partial charge in [0.15, 0.2) is 5.78 Å². The average Bonchev–Trinajstić information content (AvgIpc) is 3.43. The Hall–Kier alpha value is -10.6. The average molecular weight is 1030 g/mol. The number of carbonyl (C=O) groups is 7. The van der Waals surface area contributed by atoms with E-state index in [9.17, 15) is 33.6 Å². The van der Waals surface area contributed by atoms with Crippen LogP contribution < -0.4 is 37.9 Å². The second-order valence-electron chi connectivity index (χ2n) is 14.6. The van der Waals surface area contributed by atoms with Crippen molar-refractivity contribution in [3.8, 4) is 46.0 Å². The summed E-state index contributed by atoms with van der Waals surface area (Å²) in [6.45, 7) is 3.34. The number of ketones is 1. The van der Waals surface area contributed by atoms with E-state index in [0.29, 0.717) is 34.3 Å². The maximum absolute atomic E-state index is 11.8. The molecule has 0 aliphatic rings. The fourth-order valence-corrected chi connectivity index (χ4v) is 5.89. The smallest absolute Gasteiger partial charge is 0.465 e. The van der Waals surface area contributed by atoms with Crippen molar-refractivity contribution in [2.45, 2.75) is 13.8 Å². The maximum atomic E-state index is 11.8. The van der Waals surface area contributed by atoms with E-state index >= 15 is 0 Å². The van der Waals surface area contributed by atoms with E-state index < -0.39 is 36.6 Å². The van der Waals surface area contributed by atoms with Gasteiger partial charge in [0.05, 0.1) is 19.3 Å². The molecule has 386 valence electrons. The van der Waals surface area contributed by atoms with Crippen LogP contribution in [0.25, 0.3) is 0 Å². The third-order valence-corrected chi connectivity index (χ3v) is 9.24. The van der Waals surface area contributed by atoms with Gasteiger partial charge in [-0.25, -0.2) is 28.8 Å². The summed E-state index contributed by atoms with van der Waals surface area (Å²) in [5.74, 6) is 1.06. The number of esters is 2. The van der Waals surface area contributed by atoms with Crippen molar-refractivity contribution in [3.05, 3.63) is 241 Å². The predicted octanol–water partition coefficient (Wildman–Crippen LogP) is 13.2. The lowest BCUT2D eigenvalue weighted by atomic mass is 10.1. The fourth-order valence-electron chi connectivity index (χ4n) is 5.89. The molecule has 0 fully saturated rings. The minimum atomic E-state index is -0.924. The molecule has 0 saturated heterocycles. The SMILES string of the molecule is CC(=O)c1ccccc1OC(=O)Oc1ccccc1.CCOC(=O)c1ccccc1OC(=O)Oc1ccccc1.COC(=O)c1ccccc1OC(=O)Oc1ccccc1.O=C(Oc1ccccc1)Oc1ccccc1. The molecule has 0 aliphatic heterocycles. The molecule has 0 amide bonds. The van der Waals surface area contributed by atoms with Crippen LogP contribution in [0.5, 0.6) is 46.0 Å². The minimum Gasteiger partial charge on any atom is -0.465 e. The number of hydrogen-bond donors (Lipinski definition) is 0. The van der Waals surface area contributed by atoms with E-state index in [0.717, 1.165) is 0 Å². The van der Waals surface area contributed by atoms with E-state index in [1.165, 1.54) is 38.3 Å². The maximum Gasteiger partial charge on any atom is 0.519 e. The van der Waals surface area contributed by atoms with Gasteiger partial charge in [0.25, 0.3) is 0 Å². The summed E-state index contributed by atoms with van der Waals surface area (Å²) in [6.07, 6.45) is -3.46. The Bertz CT molecular complexity index is 3070. The normalized spacial score (nSPS) is 9.67. The Morgan fingerprint density at radius 1 is 0.303 bits per heavy atom. The molecule has 8 aromatic carbocycles. The number of hydrogen-bond acceptors (Lipinski definition) is 17. The highest BCUT2D eigenvalue weighted by atomic mass is 16.7. The second kappa shape index (κ2) is 31.0. The first-order valence-electron chi connectivity index (χ1n) is 22.8. The van der Waals surface area contributed by atoms with Gasteiger partial charge in [-0.1, -0.05) is 127 Å². The molecule has 0 atom stereocenters. The van der Waals surface area contributed by atoms with Crippen molar-refractivity contribution < 1.29 is 80.9 Å². The topological polar surface area (TPSA) is 212 Å². The minimum absolute atomic E-state index is 0.0836. The molecule has 0 aromatic heterocycles. The monoisotopic (exact) mass is 1030 g/mol. The number of rotatable bonds is 12. The van der Waals surface area contributed by atoms with Crippen molar-refractivity contribution in [1.29, 1.82) is 0 Å². The zero-order chi connectivity index (χ0) is 54.3. The molecule has 0 radical (unpaired) electrons. The van der Waals surface area contributed by atoms with Crippen LogP contribution in [-0.4, -0.2) is 56.1 Å². The predicted molar refractivity (Wildman–Crippen MR) is 275 cm³/mol. The molecule has 17 nitrogen and oxygen atoms in total. The Morgan fingerprint density at radius 3 is 0.816 bits per heavy atom. The molecule has 76 heavy (non-hydrogen) atoms. The first-order chi connectivity index (χ1) is 36.9. The van der Waals surface area contributed by atoms with E-state index in [1.807, 2.05) is 18.2 Å². The van der Waals surface area contributed by atoms with Crippen molar-refractivity contribution in [1.82, 2.24) is 0 Å². The highest BCUT2D eigenvalue weighted by Crippen LogP contribution is 2.23. The van der Waals surface area contributed by atoms with E-state index in [-0.39, 0.29) is 40.8 Å². The van der Waals surface area contributed by atoms with Gasteiger partial charge in [0.2, 0.25) is 0 Å². The molecule has 0 aliphatic carbocycles. The summed E-state index contributed by atoms with van der Waals surface area (Å²) in [6, 6.07) is 62.2. The lowest BCUT2D eigenvalue weighted by molar-refractivity contribution is 0.0521. The van der Waals surface area contributed by atoms with Gasteiger partial charge in [-0.05, 0) is 111 Å². The molecule has 0 spiro atoms. The number of benzene rings is 8. The van der Waals surface area contributed by atoms with Gasteiger partial charge in [-0.3, -0.25) is 4.79 Å². The molecule has 8 rings (SSSR count). The summed E-state index contributed by atoms with van der Waals surface area (Å²) in [5.41, 5.74) is 0.664. The molecule has 8 aromatic rings. The van der Waals surface area contributed by atoms with Crippen LogP contribution in [0.2, 0.25) is 0 Å². The van der Waals surface area contributed by atoms with Crippen LogP contribution in [0.3, 0.4) is 0 Å². The third-order valence-electron chi connectivity index (χ3n) is 9.24. The summed E-state index contributed by atoms with van der Waals surface area (Å²) in [5, 5.41) is 0. The van der Waals surface area contributed by atoms with Crippen LogP contribution in [0.15, 0.2) is 224 Å².